The third-order valence-electron chi connectivity index (χ3n) is 5.25. The van der Waals surface area contributed by atoms with Crippen molar-refractivity contribution in [3.63, 3.8) is 0 Å². The predicted molar refractivity (Wildman–Crippen MR) is 89.4 cm³/mol. The quantitative estimate of drug-likeness (QED) is 0.922. The SMILES string of the molecule is CC(=O)[C@H]1CN[C@]2(S(=O)c3ccc(C)cc3)C=CC(=O)C[C@]12C. The van der Waals surface area contributed by atoms with E-state index in [0.717, 1.165) is 5.56 Å². The summed E-state index contributed by atoms with van der Waals surface area (Å²) in [7, 11) is -1.40. The lowest BCUT2D eigenvalue weighted by atomic mass is 9.67. The van der Waals surface area contributed by atoms with Crippen LogP contribution in [-0.4, -0.2) is 27.2 Å². The summed E-state index contributed by atoms with van der Waals surface area (Å²) in [6, 6.07) is 7.56. The number of allylic oxidation sites excluding steroid dienone is 1. The van der Waals surface area contributed by atoms with Gasteiger partial charge < -0.3 is 0 Å². The van der Waals surface area contributed by atoms with Crippen LogP contribution >= 0.6 is 0 Å². The topological polar surface area (TPSA) is 63.2 Å². The molecule has 23 heavy (non-hydrogen) atoms. The van der Waals surface area contributed by atoms with E-state index in [0.29, 0.717) is 11.4 Å². The van der Waals surface area contributed by atoms with Gasteiger partial charge in [-0.2, -0.15) is 0 Å². The van der Waals surface area contributed by atoms with Gasteiger partial charge >= 0.3 is 0 Å². The molecule has 1 N–H and O–H groups in total. The summed E-state index contributed by atoms with van der Waals surface area (Å²) in [5.74, 6) is -0.296. The largest absolute Gasteiger partial charge is 0.300 e. The average Bonchev–Trinajstić information content (AvgIpc) is 2.80. The zero-order valence-corrected chi connectivity index (χ0v) is 14.4. The number of carbonyl (C=O) groups is 2. The number of ketones is 2. The van der Waals surface area contributed by atoms with Crippen LogP contribution in [0.2, 0.25) is 0 Å². The highest BCUT2D eigenvalue weighted by atomic mass is 32.2. The first-order chi connectivity index (χ1) is 10.8. The van der Waals surface area contributed by atoms with Gasteiger partial charge in [-0.15, -0.1) is 0 Å². The lowest BCUT2D eigenvalue weighted by Crippen LogP contribution is -2.56. The Morgan fingerprint density at radius 2 is 1.96 bits per heavy atom. The minimum atomic E-state index is -1.40. The van der Waals surface area contributed by atoms with E-state index in [9.17, 15) is 13.8 Å². The Balaban J connectivity index is 2.11. The molecule has 0 spiro atoms. The van der Waals surface area contributed by atoms with E-state index < -0.39 is 21.1 Å². The van der Waals surface area contributed by atoms with Crippen LogP contribution in [0.25, 0.3) is 0 Å². The number of hydrogen-bond acceptors (Lipinski definition) is 4. The average molecular weight is 331 g/mol. The third-order valence-corrected chi connectivity index (χ3v) is 7.28. The van der Waals surface area contributed by atoms with Crippen LogP contribution < -0.4 is 5.32 Å². The van der Waals surface area contributed by atoms with Gasteiger partial charge in [0.05, 0.1) is 10.8 Å². The Hall–Kier alpha value is -1.59. The van der Waals surface area contributed by atoms with Gasteiger partial charge in [-0.25, -0.2) is 0 Å². The maximum Gasteiger partial charge on any atom is 0.156 e. The number of aryl methyl sites for hydroxylation is 1. The second-order valence-electron chi connectivity index (χ2n) is 6.76. The molecule has 0 saturated carbocycles. The van der Waals surface area contributed by atoms with Crippen molar-refractivity contribution < 1.29 is 13.8 Å². The molecule has 0 bridgehead atoms. The number of rotatable bonds is 3. The third kappa shape index (κ3) is 2.34. The van der Waals surface area contributed by atoms with E-state index in [1.165, 1.54) is 6.08 Å². The van der Waals surface area contributed by atoms with Crippen LogP contribution in [0, 0.1) is 18.3 Å². The number of Topliss-reactive ketones (excluding diaryl/α,β-unsaturated/α-hetero) is 1. The molecule has 1 fully saturated rings. The summed E-state index contributed by atoms with van der Waals surface area (Å²) >= 11 is 0. The van der Waals surface area contributed by atoms with Crippen molar-refractivity contribution in [2.75, 3.05) is 6.54 Å². The van der Waals surface area contributed by atoms with Crippen molar-refractivity contribution in [1.29, 1.82) is 0 Å². The minimum absolute atomic E-state index is 0.0148. The summed E-state index contributed by atoms with van der Waals surface area (Å²) < 4.78 is 13.4. The molecular formula is C18H21NO3S. The number of nitrogens with one attached hydrogen (secondary N) is 1. The molecule has 122 valence electrons. The lowest BCUT2D eigenvalue weighted by Gasteiger charge is -2.44. The van der Waals surface area contributed by atoms with Gasteiger partial charge in [-0.05, 0) is 38.1 Å². The second kappa shape index (κ2) is 5.49. The van der Waals surface area contributed by atoms with Gasteiger partial charge in [0.25, 0.3) is 0 Å². The molecule has 1 saturated heterocycles. The molecule has 0 aromatic heterocycles. The number of fused-ring (bicyclic) bond motifs is 1. The predicted octanol–water partition coefficient (Wildman–Crippen LogP) is 2.14. The van der Waals surface area contributed by atoms with Crippen molar-refractivity contribution >= 4 is 22.4 Å². The van der Waals surface area contributed by atoms with Crippen molar-refractivity contribution in [2.24, 2.45) is 11.3 Å². The Morgan fingerprint density at radius 1 is 1.30 bits per heavy atom. The summed E-state index contributed by atoms with van der Waals surface area (Å²) in [6.45, 7) is 5.88. The van der Waals surface area contributed by atoms with E-state index >= 15 is 0 Å². The molecule has 1 aliphatic heterocycles. The zero-order chi connectivity index (χ0) is 16.8. The Morgan fingerprint density at radius 3 is 2.57 bits per heavy atom. The second-order valence-corrected chi connectivity index (χ2v) is 8.41. The maximum atomic E-state index is 13.4. The van der Waals surface area contributed by atoms with Crippen LogP contribution in [0.1, 0.15) is 25.8 Å². The summed E-state index contributed by atoms with van der Waals surface area (Å²) in [5, 5.41) is 3.32. The van der Waals surface area contributed by atoms with Crippen LogP contribution in [0.15, 0.2) is 41.3 Å². The monoisotopic (exact) mass is 331 g/mol. The molecule has 3 rings (SSSR count). The first kappa shape index (κ1) is 16.3. The van der Waals surface area contributed by atoms with Crippen molar-refractivity contribution in [2.45, 2.75) is 37.0 Å². The normalized spacial score (nSPS) is 34.2. The molecule has 5 heteroatoms. The highest BCUT2D eigenvalue weighted by Crippen LogP contribution is 2.52. The fourth-order valence-corrected chi connectivity index (χ4v) is 5.65. The van der Waals surface area contributed by atoms with Gasteiger partial charge in [0, 0.05) is 29.2 Å². The minimum Gasteiger partial charge on any atom is -0.300 e. The summed E-state index contributed by atoms with van der Waals surface area (Å²) in [6.07, 6.45) is 3.46. The van der Waals surface area contributed by atoms with Crippen molar-refractivity contribution in [3.8, 4) is 0 Å². The molecule has 1 aliphatic carbocycles. The summed E-state index contributed by atoms with van der Waals surface area (Å²) in [4.78, 5) is 23.9. The highest BCUT2D eigenvalue weighted by molar-refractivity contribution is 7.86. The van der Waals surface area contributed by atoms with Gasteiger partial charge in [0.2, 0.25) is 0 Å². The van der Waals surface area contributed by atoms with E-state index in [-0.39, 0.29) is 23.9 Å². The molecule has 1 unspecified atom stereocenters. The first-order valence-corrected chi connectivity index (χ1v) is 8.91. The standard InChI is InChI=1S/C18H21NO3S/c1-12-4-6-15(7-5-12)23(22)18-9-8-14(21)10-17(18,3)16(11-19-18)13(2)20/h4-9,16,19H,10-11H2,1-3H3/t16-,17-,18+,23?/m1/s1. The fourth-order valence-electron chi connectivity index (χ4n) is 3.85. The van der Waals surface area contributed by atoms with Crippen molar-refractivity contribution in [3.05, 3.63) is 42.0 Å². The molecule has 4 atom stereocenters. The maximum absolute atomic E-state index is 13.4. The molecule has 1 aromatic rings. The first-order valence-electron chi connectivity index (χ1n) is 7.76. The highest BCUT2D eigenvalue weighted by Gasteiger charge is 2.62. The van der Waals surface area contributed by atoms with Gasteiger partial charge in [-0.3, -0.25) is 19.1 Å². The molecule has 0 amide bonds. The van der Waals surface area contributed by atoms with Crippen LogP contribution in [0.4, 0.5) is 0 Å². The van der Waals surface area contributed by atoms with E-state index in [2.05, 4.69) is 5.32 Å². The molecule has 0 radical (unpaired) electrons. The summed E-state index contributed by atoms with van der Waals surface area (Å²) in [5.41, 5.74) is 0.418. The molecule has 2 aliphatic rings. The van der Waals surface area contributed by atoms with E-state index in [4.69, 9.17) is 0 Å². The smallest absolute Gasteiger partial charge is 0.156 e. The van der Waals surface area contributed by atoms with Gasteiger partial charge in [-0.1, -0.05) is 24.6 Å². The fraction of sp³-hybridized carbons (Fsp3) is 0.444. The van der Waals surface area contributed by atoms with Gasteiger partial charge in [0.1, 0.15) is 10.7 Å². The number of hydrogen-bond donors (Lipinski definition) is 1. The number of carbonyl (C=O) groups excluding carboxylic acids is 2. The van der Waals surface area contributed by atoms with Crippen LogP contribution in [0.5, 0.6) is 0 Å². The lowest BCUT2D eigenvalue weighted by molar-refractivity contribution is -0.125. The Bertz CT molecular complexity index is 724. The Labute approximate surface area is 138 Å². The van der Waals surface area contributed by atoms with Crippen LogP contribution in [0.3, 0.4) is 0 Å². The van der Waals surface area contributed by atoms with Crippen LogP contribution in [-0.2, 0) is 20.4 Å². The molecule has 1 aromatic carbocycles. The zero-order valence-electron chi connectivity index (χ0n) is 13.6. The molecule has 4 nitrogen and oxygen atoms in total. The molecule has 1 heterocycles. The van der Waals surface area contributed by atoms with Crippen molar-refractivity contribution in [1.82, 2.24) is 5.32 Å². The van der Waals surface area contributed by atoms with E-state index in [1.54, 1.807) is 13.0 Å². The Kier molecular flexibility index (Phi) is 3.89. The van der Waals surface area contributed by atoms with Gasteiger partial charge in [0.15, 0.2) is 5.78 Å². The number of benzene rings is 1. The molecular weight excluding hydrogens is 310 g/mol. The van der Waals surface area contributed by atoms with E-state index in [1.807, 2.05) is 38.1 Å².